The summed E-state index contributed by atoms with van der Waals surface area (Å²) in [5, 5.41) is 3.39. The van der Waals surface area contributed by atoms with Crippen LogP contribution in [0.1, 0.15) is 13.3 Å². The largest absolute Gasteiger partial charge is 0.366 e. The summed E-state index contributed by atoms with van der Waals surface area (Å²) < 4.78 is 0.635. The molecule has 2 atom stereocenters. The molecule has 0 spiro atoms. The van der Waals surface area contributed by atoms with Crippen molar-refractivity contribution in [1.29, 1.82) is 0 Å². The lowest BCUT2D eigenvalue weighted by Crippen LogP contribution is -2.43. The predicted molar refractivity (Wildman–Crippen MR) is 76.3 cm³/mol. The van der Waals surface area contributed by atoms with Crippen LogP contribution >= 0.6 is 22.6 Å². The molecule has 1 aliphatic rings. The maximum absolute atomic E-state index is 11.5. The molecule has 0 amide bonds. The number of hydrogen-bond acceptors (Lipinski definition) is 4. The van der Waals surface area contributed by atoms with Crippen molar-refractivity contribution >= 4 is 28.4 Å². The number of nitrogens with zero attached hydrogens (tertiary/aromatic N) is 2. The molecule has 1 aliphatic heterocycles. The maximum Gasteiger partial charge on any atom is 0.266 e. The Hall–Kier alpha value is -0.630. The van der Waals surface area contributed by atoms with Gasteiger partial charge in [-0.05, 0) is 48.5 Å². The molecule has 1 saturated heterocycles. The maximum atomic E-state index is 11.5. The summed E-state index contributed by atoms with van der Waals surface area (Å²) in [6.07, 6.45) is 2.54. The molecule has 1 fully saturated rings. The summed E-state index contributed by atoms with van der Waals surface area (Å²) in [7, 11) is 2.14. The van der Waals surface area contributed by atoms with Gasteiger partial charge >= 0.3 is 0 Å². The average molecular weight is 348 g/mol. The lowest BCUT2D eigenvalue weighted by Gasteiger charge is -2.35. The van der Waals surface area contributed by atoms with Gasteiger partial charge in [0, 0.05) is 12.6 Å². The molecule has 94 valence electrons. The minimum Gasteiger partial charge on any atom is -0.366 e. The Kier molecular flexibility index (Phi) is 4.03. The van der Waals surface area contributed by atoms with Gasteiger partial charge in [-0.15, -0.1) is 0 Å². The first-order chi connectivity index (χ1) is 8.08. The van der Waals surface area contributed by atoms with Gasteiger partial charge in [0.15, 0.2) is 0 Å². The van der Waals surface area contributed by atoms with Crippen molar-refractivity contribution < 1.29 is 0 Å². The highest BCUT2D eigenvalue weighted by Crippen LogP contribution is 2.20. The first kappa shape index (κ1) is 12.8. The van der Waals surface area contributed by atoms with E-state index in [0.29, 0.717) is 21.3 Å². The van der Waals surface area contributed by atoms with Crippen LogP contribution in [-0.4, -0.2) is 41.0 Å². The van der Waals surface area contributed by atoms with Gasteiger partial charge in [-0.3, -0.25) is 4.79 Å². The lowest BCUT2D eigenvalue weighted by atomic mass is 9.94. The smallest absolute Gasteiger partial charge is 0.266 e. The lowest BCUT2D eigenvalue weighted by molar-refractivity contribution is 0.206. The van der Waals surface area contributed by atoms with E-state index in [2.05, 4.69) is 34.2 Å². The molecule has 0 radical (unpaired) electrons. The Morgan fingerprint density at radius 1 is 1.65 bits per heavy atom. The van der Waals surface area contributed by atoms with Crippen molar-refractivity contribution in [3.8, 4) is 0 Å². The van der Waals surface area contributed by atoms with Crippen LogP contribution in [0.25, 0.3) is 0 Å². The zero-order valence-electron chi connectivity index (χ0n) is 10.0. The molecule has 2 heterocycles. The Morgan fingerprint density at radius 3 is 3.12 bits per heavy atom. The van der Waals surface area contributed by atoms with Gasteiger partial charge in [0.1, 0.15) is 9.39 Å². The third-order valence-electron chi connectivity index (χ3n) is 3.23. The molecule has 2 rings (SSSR count). The SMILES string of the molecule is CC1CN(C)CCC1Nc1nc[nH]c(=O)c1I. The van der Waals surface area contributed by atoms with E-state index in [0.717, 1.165) is 19.5 Å². The highest BCUT2D eigenvalue weighted by atomic mass is 127. The third kappa shape index (κ3) is 2.98. The van der Waals surface area contributed by atoms with Crippen LogP contribution in [0.15, 0.2) is 11.1 Å². The van der Waals surface area contributed by atoms with Gasteiger partial charge in [0.2, 0.25) is 0 Å². The molecular weight excluding hydrogens is 331 g/mol. The molecule has 17 heavy (non-hydrogen) atoms. The van der Waals surface area contributed by atoms with E-state index in [9.17, 15) is 4.79 Å². The van der Waals surface area contributed by atoms with Gasteiger partial charge in [0.25, 0.3) is 5.56 Å². The molecule has 1 aromatic rings. The summed E-state index contributed by atoms with van der Waals surface area (Å²) >= 11 is 2.03. The number of rotatable bonds is 2. The summed E-state index contributed by atoms with van der Waals surface area (Å²) in [4.78, 5) is 20.6. The third-order valence-corrected chi connectivity index (χ3v) is 4.23. The van der Waals surface area contributed by atoms with Crippen LogP contribution in [0, 0.1) is 9.49 Å². The fraction of sp³-hybridized carbons (Fsp3) is 0.636. The fourth-order valence-electron chi connectivity index (χ4n) is 2.23. The fourth-order valence-corrected chi connectivity index (χ4v) is 2.68. The Morgan fingerprint density at radius 2 is 2.41 bits per heavy atom. The van der Waals surface area contributed by atoms with Crippen LogP contribution in [-0.2, 0) is 0 Å². The number of hydrogen-bond donors (Lipinski definition) is 2. The van der Waals surface area contributed by atoms with Gasteiger partial charge in [-0.1, -0.05) is 6.92 Å². The van der Waals surface area contributed by atoms with Crippen LogP contribution < -0.4 is 10.9 Å². The molecule has 2 N–H and O–H groups in total. The minimum atomic E-state index is -0.0799. The molecule has 0 bridgehead atoms. The van der Waals surface area contributed by atoms with Gasteiger partial charge < -0.3 is 15.2 Å². The number of aromatic amines is 1. The van der Waals surface area contributed by atoms with Crippen molar-refractivity contribution in [3.05, 3.63) is 20.3 Å². The second kappa shape index (κ2) is 5.34. The van der Waals surface area contributed by atoms with Crippen molar-refractivity contribution in [2.75, 3.05) is 25.5 Å². The standard InChI is InChI=1S/C11H17IN4O/c1-7-5-16(2)4-3-8(7)15-10-9(12)11(17)14-6-13-10/h6-8H,3-5H2,1-2H3,(H2,13,14,15,17). The number of piperidine rings is 1. The number of anilines is 1. The van der Waals surface area contributed by atoms with E-state index in [-0.39, 0.29) is 5.56 Å². The Balaban J connectivity index is 2.10. The number of H-pyrrole nitrogens is 1. The van der Waals surface area contributed by atoms with Gasteiger partial charge in [-0.2, -0.15) is 0 Å². The topological polar surface area (TPSA) is 61.0 Å². The second-order valence-electron chi connectivity index (χ2n) is 4.67. The summed E-state index contributed by atoms with van der Waals surface area (Å²) in [5.41, 5.74) is -0.0799. The van der Waals surface area contributed by atoms with Crippen LogP contribution in [0.4, 0.5) is 5.82 Å². The highest BCUT2D eigenvalue weighted by Gasteiger charge is 2.24. The van der Waals surface area contributed by atoms with Crippen molar-refractivity contribution in [2.45, 2.75) is 19.4 Å². The van der Waals surface area contributed by atoms with Crippen molar-refractivity contribution in [3.63, 3.8) is 0 Å². The van der Waals surface area contributed by atoms with E-state index in [1.165, 1.54) is 6.33 Å². The predicted octanol–water partition coefficient (Wildman–Crippen LogP) is 1.13. The normalized spacial score (nSPS) is 25.8. The van der Waals surface area contributed by atoms with Crippen LogP contribution in [0.3, 0.4) is 0 Å². The first-order valence-electron chi connectivity index (χ1n) is 5.76. The summed E-state index contributed by atoms with van der Waals surface area (Å²) in [6, 6.07) is 0.397. The molecule has 1 aromatic heterocycles. The number of aromatic nitrogens is 2. The first-order valence-corrected chi connectivity index (χ1v) is 6.84. The number of halogens is 1. The van der Waals surface area contributed by atoms with E-state index in [1.54, 1.807) is 0 Å². The highest BCUT2D eigenvalue weighted by molar-refractivity contribution is 14.1. The molecular formula is C11H17IN4O. The van der Waals surface area contributed by atoms with Crippen molar-refractivity contribution in [2.24, 2.45) is 5.92 Å². The minimum absolute atomic E-state index is 0.0799. The second-order valence-corrected chi connectivity index (χ2v) is 5.75. The Labute approximate surface area is 114 Å². The quantitative estimate of drug-likeness (QED) is 0.787. The monoisotopic (exact) mass is 348 g/mol. The zero-order chi connectivity index (χ0) is 12.4. The van der Waals surface area contributed by atoms with Gasteiger partial charge in [0.05, 0.1) is 6.33 Å². The van der Waals surface area contributed by atoms with Crippen LogP contribution in [0.2, 0.25) is 0 Å². The molecule has 5 nitrogen and oxygen atoms in total. The van der Waals surface area contributed by atoms with Crippen LogP contribution in [0.5, 0.6) is 0 Å². The zero-order valence-corrected chi connectivity index (χ0v) is 12.2. The van der Waals surface area contributed by atoms with Gasteiger partial charge in [-0.25, -0.2) is 4.98 Å². The van der Waals surface area contributed by atoms with Crippen molar-refractivity contribution in [1.82, 2.24) is 14.9 Å². The average Bonchev–Trinajstić information content (AvgIpc) is 2.28. The molecule has 0 aliphatic carbocycles. The van der Waals surface area contributed by atoms with E-state index in [1.807, 2.05) is 22.6 Å². The molecule has 0 saturated carbocycles. The van der Waals surface area contributed by atoms with E-state index >= 15 is 0 Å². The van der Waals surface area contributed by atoms with E-state index < -0.39 is 0 Å². The number of nitrogens with one attached hydrogen (secondary N) is 2. The Bertz CT molecular complexity index is 447. The molecule has 0 aromatic carbocycles. The van der Waals surface area contributed by atoms with E-state index in [4.69, 9.17) is 0 Å². The summed E-state index contributed by atoms with van der Waals surface area (Å²) in [5.74, 6) is 1.27. The number of likely N-dealkylation sites (tertiary alicyclic amines) is 1. The summed E-state index contributed by atoms with van der Waals surface area (Å²) in [6.45, 7) is 4.40. The molecule has 2 unspecified atom stereocenters. The molecule has 6 heteroatoms.